The fraction of sp³-hybridized carbons (Fsp3) is 0.294. The fourth-order valence-electron chi connectivity index (χ4n) is 2.91. The van der Waals surface area contributed by atoms with E-state index in [4.69, 9.17) is 4.74 Å². The van der Waals surface area contributed by atoms with E-state index in [1.54, 1.807) is 6.07 Å². The van der Waals surface area contributed by atoms with E-state index in [1.807, 2.05) is 20.0 Å². The van der Waals surface area contributed by atoms with Gasteiger partial charge >= 0.3 is 0 Å². The molecule has 104 valence electrons. The van der Waals surface area contributed by atoms with Crippen molar-refractivity contribution in [1.82, 2.24) is 5.32 Å². The predicted molar refractivity (Wildman–Crippen MR) is 77.7 cm³/mol. The third-order valence-corrected chi connectivity index (χ3v) is 3.89. The Kier molecular flexibility index (Phi) is 3.45. The van der Waals surface area contributed by atoms with E-state index >= 15 is 0 Å². The van der Waals surface area contributed by atoms with Gasteiger partial charge in [-0.1, -0.05) is 24.3 Å². The maximum Gasteiger partial charge on any atom is 0.127 e. The molecule has 0 aliphatic carbocycles. The van der Waals surface area contributed by atoms with Gasteiger partial charge in [0.1, 0.15) is 11.6 Å². The molecule has 2 aromatic rings. The second kappa shape index (κ2) is 5.25. The summed E-state index contributed by atoms with van der Waals surface area (Å²) >= 11 is 0. The average Bonchev–Trinajstić information content (AvgIpc) is 2.91. The number of fused-ring (bicyclic) bond motifs is 1. The average molecular weight is 271 g/mol. The van der Waals surface area contributed by atoms with Crippen LogP contribution in [0, 0.1) is 12.7 Å². The van der Waals surface area contributed by atoms with Crippen molar-refractivity contribution in [3.05, 3.63) is 64.5 Å². The van der Waals surface area contributed by atoms with Crippen LogP contribution in [-0.4, -0.2) is 13.7 Å². The Morgan fingerprint density at radius 2 is 2.05 bits per heavy atom. The predicted octanol–water partition coefficient (Wildman–Crippen LogP) is 3.38. The van der Waals surface area contributed by atoms with Crippen LogP contribution in [0.2, 0.25) is 0 Å². The Bertz CT molecular complexity index is 639. The fourth-order valence-corrected chi connectivity index (χ4v) is 2.91. The molecule has 1 atom stereocenters. The minimum absolute atomic E-state index is 0.0173. The molecule has 1 unspecified atom stereocenters. The smallest absolute Gasteiger partial charge is 0.127 e. The summed E-state index contributed by atoms with van der Waals surface area (Å²) in [5.41, 5.74) is 4.40. The van der Waals surface area contributed by atoms with E-state index in [1.165, 1.54) is 11.6 Å². The van der Waals surface area contributed by atoms with Crippen LogP contribution in [0.3, 0.4) is 0 Å². The van der Waals surface area contributed by atoms with Crippen molar-refractivity contribution in [1.29, 1.82) is 0 Å². The van der Waals surface area contributed by atoms with Crippen LogP contribution in [-0.2, 0) is 6.42 Å². The van der Waals surface area contributed by atoms with Gasteiger partial charge in [0.25, 0.3) is 0 Å². The summed E-state index contributed by atoms with van der Waals surface area (Å²) in [5.74, 6) is 0.784. The van der Waals surface area contributed by atoms with E-state index < -0.39 is 0 Å². The van der Waals surface area contributed by atoms with Crippen LogP contribution >= 0.6 is 0 Å². The summed E-state index contributed by atoms with van der Waals surface area (Å²) < 4.78 is 19.1. The number of hydrogen-bond donors (Lipinski definition) is 1. The highest BCUT2D eigenvalue weighted by Gasteiger charge is 2.23. The summed E-state index contributed by atoms with van der Waals surface area (Å²) in [6.07, 6.45) is 0.960. The second-order valence-corrected chi connectivity index (χ2v) is 5.16. The van der Waals surface area contributed by atoms with Gasteiger partial charge in [-0.2, -0.15) is 0 Å². The summed E-state index contributed by atoms with van der Waals surface area (Å²) in [7, 11) is 1.92. The number of halogens is 1. The van der Waals surface area contributed by atoms with E-state index in [9.17, 15) is 4.39 Å². The summed E-state index contributed by atoms with van der Waals surface area (Å²) in [6, 6.07) is 11.2. The molecule has 0 saturated heterocycles. The van der Waals surface area contributed by atoms with Crippen molar-refractivity contribution < 1.29 is 9.13 Å². The van der Waals surface area contributed by atoms with Gasteiger partial charge in [-0.25, -0.2) is 4.39 Å². The van der Waals surface area contributed by atoms with E-state index in [0.29, 0.717) is 0 Å². The highest BCUT2D eigenvalue weighted by molar-refractivity contribution is 5.49. The molecular weight excluding hydrogens is 253 g/mol. The zero-order valence-electron chi connectivity index (χ0n) is 11.7. The molecule has 20 heavy (non-hydrogen) atoms. The Hall–Kier alpha value is -1.87. The quantitative estimate of drug-likeness (QED) is 0.924. The molecule has 0 bridgehead atoms. The van der Waals surface area contributed by atoms with Crippen molar-refractivity contribution in [2.45, 2.75) is 19.4 Å². The van der Waals surface area contributed by atoms with Crippen LogP contribution in [0.5, 0.6) is 5.75 Å². The van der Waals surface area contributed by atoms with Gasteiger partial charge in [0.2, 0.25) is 0 Å². The largest absolute Gasteiger partial charge is 0.493 e. The lowest BCUT2D eigenvalue weighted by Gasteiger charge is -2.21. The van der Waals surface area contributed by atoms with Gasteiger partial charge in [-0.15, -0.1) is 0 Å². The monoisotopic (exact) mass is 271 g/mol. The van der Waals surface area contributed by atoms with Crippen LogP contribution in [0.4, 0.5) is 4.39 Å². The molecule has 1 aliphatic rings. The molecule has 0 radical (unpaired) electrons. The Morgan fingerprint density at radius 3 is 2.80 bits per heavy atom. The molecule has 2 nitrogen and oxygen atoms in total. The number of rotatable bonds is 3. The Labute approximate surface area is 118 Å². The first kappa shape index (κ1) is 13.1. The normalized spacial score (nSPS) is 14.8. The standard InChI is InChI=1S/C17H18FNO/c1-11-10-13(18)6-7-14(11)16(19-2)15-5-3-4-12-8-9-20-17(12)15/h3-7,10,16,19H,8-9H2,1-2H3. The summed E-state index contributed by atoms with van der Waals surface area (Å²) in [5, 5.41) is 3.32. The first-order valence-electron chi connectivity index (χ1n) is 6.88. The molecule has 0 aromatic heterocycles. The number of hydrogen-bond acceptors (Lipinski definition) is 2. The highest BCUT2D eigenvalue weighted by atomic mass is 19.1. The van der Waals surface area contributed by atoms with E-state index in [-0.39, 0.29) is 11.9 Å². The number of nitrogens with one attached hydrogen (secondary N) is 1. The lowest BCUT2D eigenvalue weighted by Crippen LogP contribution is -2.19. The molecule has 1 heterocycles. The third kappa shape index (κ3) is 2.18. The van der Waals surface area contributed by atoms with Crippen molar-refractivity contribution >= 4 is 0 Å². The molecule has 3 heteroatoms. The van der Waals surface area contributed by atoms with Crippen molar-refractivity contribution in [3.63, 3.8) is 0 Å². The van der Waals surface area contributed by atoms with E-state index in [2.05, 4.69) is 23.5 Å². The SMILES string of the molecule is CNC(c1ccc(F)cc1C)c1cccc2c1OCC2. The molecular formula is C17H18FNO. The van der Waals surface area contributed by atoms with Crippen molar-refractivity contribution in [2.24, 2.45) is 0 Å². The maximum atomic E-state index is 13.3. The van der Waals surface area contributed by atoms with Gasteiger partial charge < -0.3 is 10.1 Å². The summed E-state index contributed by atoms with van der Waals surface area (Å²) in [6.45, 7) is 2.68. The molecule has 1 N–H and O–H groups in total. The molecule has 3 rings (SSSR count). The Balaban J connectivity index is 2.09. The first-order valence-corrected chi connectivity index (χ1v) is 6.88. The number of aryl methyl sites for hydroxylation is 1. The molecule has 0 amide bonds. The summed E-state index contributed by atoms with van der Waals surface area (Å²) in [4.78, 5) is 0. The van der Waals surface area contributed by atoms with E-state index in [0.717, 1.165) is 35.5 Å². The van der Waals surface area contributed by atoms with Gasteiger partial charge in [-0.3, -0.25) is 0 Å². The Morgan fingerprint density at radius 1 is 1.20 bits per heavy atom. The van der Waals surface area contributed by atoms with Gasteiger partial charge in [0, 0.05) is 12.0 Å². The lowest BCUT2D eigenvalue weighted by atomic mass is 9.93. The number of benzene rings is 2. The molecule has 0 spiro atoms. The number of para-hydroxylation sites is 1. The second-order valence-electron chi connectivity index (χ2n) is 5.16. The highest BCUT2D eigenvalue weighted by Crippen LogP contribution is 2.36. The van der Waals surface area contributed by atoms with Crippen molar-refractivity contribution in [3.8, 4) is 5.75 Å². The zero-order chi connectivity index (χ0) is 14.1. The first-order chi connectivity index (χ1) is 9.70. The molecule has 2 aromatic carbocycles. The maximum absolute atomic E-state index is 13.3. The third-order valence-electron chi connectivity index (χ3n) is 3.89. The topological polar surface area (TPSA) is 21.3 Å². The van der Waals surface area contributed by atoms with Crippen LogP contribution < -0.4 is 10.1 Å². The van der Waals surface area contributed by atoms with Crippen LogP contribution in [0.25, 0.3) is 0 Å². The zero-order valence-corrected chi connectivity index (χ0v) is 11.7. The van der Waals surface area contributed by atoms with Gasteiger partial charge in [0.15, 0.2) is 0 Å². The molecule has 0 fully saturated rings. The minimum atomic E-state index is -0.198. The van der Waals surface area contributed by atoms with Gasteiger partial charge in [-0.05, 0) is 42.8 Å². The van der Waals surface area contributed by atoms with Crippen LogP contribution in [0.15, 0.2) is 36.4 Å². The molecule has 1 aliphatic heterocycles. The van der Waals surface area contributed by atoms with Crippen LogP contribution in [0.1, 0.15) is 28.3 Å². The lowest BCUT2D eigenvalue weighted by molar-refractivity contribution is 0.351. The minimum Gasteiger partial charge on any atom is -0.493 e. The van der Waals surface area contributed by atoms with Crippen molar-refractivity contribution in [2.75, 3.05) is 13.7 Å². The van der Waals surface area contributed by atoms with Gasteiger partial charge in [0.05, 0.1) is 12.6 Å². The molecule has 0 saturated carbocycles. The number of ether oxygens (including phenoxy) is 1.